The minimum atomic E-state index is 0.724. The summed E-state index contributed by atoms with van der Waals surface area (Å²) in [6.45, 7) is 2.14. The molecule has 0 aliphatic carbocycles. The van der Waals surface area contributed by atoms with Crippen molar-refractivity contribution in [3.8, 4) is 16.8 Å². The maximum Gasteiger partial charge on any atom is 0.0537 e. The molecule has 0 saturated heterocycles. The van der Waals surface area contributed by atoms with Gasteiger partial charge in [0.05, 0.1) is 11.2 Å². The van der Waals surface area contributed by atoms with Crippen LogP contribution in [0.5, 0.6) is 0 Å². The van der Waals surface area contributed by atoms with Crippen LogP contribution in [-0.4, -0.2) is 9.55 Å². The molecule has 0 unspecified atom stereocenters. The molecule has 4 nitrogen and oxygen atoms in total. The van der Waals surface area contributed by atoms with Gasteiger partial charge >= 0.3 is 0 Å². The Morgan fingerprint density at radius 1 is 0.805 bits per heavy atom. The predicted octanol–water partition coefficient (Wildman–Crippen LogP) is 8.18. The van der Waals surface area contributed by atoms with Gasteiger partial charge in [-0.05, 0) is 82.6 Å². The van der Waals surface area contributed by atoms with Crippen LogP contribution in [0.4, 0.5) is 0 Å². The van der Waals surface area contributed by atoms with E-state index in [1.54, 1.807) is 12.4 Å². The summed E-state index contributed by atoms with van der Waals surface area (Å²) in [7, 11) is 0. The maximum absolute atomic E-state index is 5.97. The van der Waals surface area contributed by atoms with Crippen LogP contribution in [-0.2, 0) is 6.42 Å². The van der Waals surface area contributed by atoms with Crippen molar-refractivity contribution in [2.45, 2.75) is 13.3 Å². The van der Waals surface area contributed by atoms with E-state index in [1.165, 1.54) is 21.7 Å². The number of para-hydroxylation sites is 1. The standard InChI is InChI=1S/C37H32N4/c1-26-35-11-4-5-12-37(35)41(36(26)21-22-38)34-19-16-28(17-20-34)32-15-18-33(40-25-32)10-6-9-31(24-39)30-14-13-27-7-2-3-8-29(27)23-30/h2-9,11-25H,10,38-39H2,1H3/b9-6-,22-21-,31-24+. The molecule has 0 aliphatic heterocycles. The lowest BCUT2D eigenvalue weighted by Crippen LogP contribution is -1.97. The van der Waals surface area contributed by atoms with Crippen LogP contribution in [0, 0.1) is 6.92 Å². The van der Waals surface area contributed by atoms with Crippen molar-refractivity contribution in [3.63, 3.8) is 0 Å². The van der Waals surface area contributed by atoms with E-state index >= 15 is 0 Å². The van der Waals surface area contributed by atoms with Crippen molar-refractivity contribution in [2.24, 2.45) is 11.5 Å². The number of aryl methyl sites for hydroxylation is 1. The number of rotatable bonds is 7. The summed E-state index contributed by atoms with van der Waals surface area (Å²) in [6.07, 6.45) is 12.1. The van der Waals surface area contributed by atoms with Crippen molar-refractivity contribution >= 4 is 33.3 Å². The smallest absolute Gasteiger partial charge is 0.0537 e. The van der Waals surface area contributed by atoms with Crippen molar-refractivity contribution in [2.75, 3.05) is 0 Å². The molecule has 41 heavy (non-hydrogen) atoms. The minimum Gasteiger partial charge on any atom is -0.405 e. The lowest BCUT2D eigenvalue weighted by Gasteiger charge is -2.11. The van der Waals surface area contributed by atoms with E-state index in [4.69, 9.17) is 16.5 Å². The fraction of sp³-hybridized carbons (Fsp3) is 0.0541. The highest BCUT2D eigenvalue weighted by atomic mass is 15.0. The first kappa shape index (κ1) is 25.9. The first-order chi connectivity index (χ1) is 20.2. The van der Waals surface area contributed by atoms with E-state index < -0.39 is 0 Å². The molecule has 0 aliphatic rings. The number of benzene rings is 4. The summed E-state index contributed by atoms with van der Waals surface area (Å²) in [5, 5.41) is 3.65. The zero-order valence-corrected chi connectivity index (χ0v) is 23.0. The molecular weight excluding hydrogens is 500 g/mol. The van der Waals surface area contributed by atoms with Gasteiger partial charge in [0, 0.05) is 41.1 Å². The summed E-state index contributed by atoms with van der Waals surface area (Å²) >= 11 is 0. The topological polar surface area (TPSA) is 69.9 Å². The third kappa shape index (κ3) is 5.15. The molecule has 0 radical (unpaired) electrons. The van der Waals surface area contributed by atoms with Crippen molar-refractivity contribution in [1.29, 1.82) is 0 Å². The number of hydrogen-bond donors (Lipinski definition) is 2. The third-order valence-corrected chi connectivity index (χ3v) is 7.60. The Kier molecular flexibility index (Phi) is 7.21. The zero-order chi connectivity index (χ0) is 28.2. The predicted molar refractivity (Wildman–Crippen MR) is 173 cm³/mol. The number of nitrogens with zero attached hydrogens (tertiary/aromatic N) is 2. The van der Waals surface area contributed by atoms with Gasteiger partial charge in [-0.25, -0.2) is 0 Å². The van der Waals surface area contributed by atoms with Gasteiger partial charge in [0.15, 0.2) is 0 Å². The summed E-state index contributed by atoms with van der Waals surface area (Å²) < 4.78 is 2.26. The Bertz CT molecular complexity index is 1920. The fourth-order valence-electron chi connectivity index (χ4n) is 5.43. The second-order valence-electron chi connectivity index (χ2n) is 10.1. The SMILES string of the molecule is Cc1c(/C=C\N)n(-c2ccc(-c3ccc(C/C=C\C(=C/N)c4ccc5ccccc5c4)nc3)cc2)c2ccccc12. The van der Waals surface area contributed by atoms with Crippen LogP contribution >= 0.6 is 0 Å². The Morgan fingerprint density at radius 2 is 1.56 bits per heavy atom. The van der Waals surface area contributed by atoms with Crippen molar-refractivity contribution in [3.05, 3.63) is 156 Å². The van der Waals surface area contributed by atoms with Gasteiger partial charge in [-0.2, -0.15) is 0 Å². The molecule has 0 atom stereocenters. The average Bonchev–Trinajstić information content (AvgIpc) is 3.30. The van der Waals surface area contributed by atoms with Gasteiger partial charge in [-0.3, -0.25) is 4.98 Å². The maximum atomic E-state index is 5.97. The normalized spacial score (nSPS) is 12.3. The highest BCUT2D eigenvalue weighted by Gasteiger charge is 2.13. The minimum absolute atomic E-state index is 0.724. The number of aromatic nitrogens is 2. The van der Waals surface area contributed by atoms with Gasteiger partial charge in [0.2, 0.25) is 0 Å². The van der Waals surface area contributed by atoms with Crippen molar-refractivity contribution in [1.82, 2.24) is 9.55 Å². The van der Waals surface area contributed by atoms with Crippen molar-refractivity contribution < 1.29 is 0 Å². The van der Waals surface area contributed by atoms with E-state index in [2.05, 4.69) is 127 Å². The Morgan fingerprint density at radius 3 is 2.32 bits per heavy atom. The van der Waals surface area contributed by atoms with Gasteiger partial charge in [0.25, 0.3) is 0 Å². The van der Waals surface area contributed by atoms with E-state index in [1.807, 2.05) is 12.3 Å². The summed E-state index contributed by atoms with van der Waals surface area (Å²) in [6, 6.07) is 36.0. The Hall–Kier alpha value is -5.35. The average molecular weight is 533 g/mol. The van der Waals surface area contributed by atoms with Gasteiger partial charge in [-0.1, -0.05) is 84.9 Å². The van der Waals surface area contributed by atoms with Crippen LogP contribution < -0.4 is 11.5 Å². The fourth-order valence-corrected chi connectivity index (χ4v) is 5.43. The molecule has 0 spiro atoms. The number of nitrogens with two attached hydrogens (primary N) is 2. The monoisotopic (exact) mass is 532 g/mol. The second kappa shape index (κ2) is 11.4. The summed E-state index contributed by atoms with van der Waals surface area (Å²) in [5.41, 5.74) is 21.6. The van der Waals surface area contributed by atoms with Gasteiger partial charge in [0.1, 0.15) is 0 Å². The molecule has 0 bridgehead atoms. The quantitative estimate of drug-likeness (QED) is 0.204. The van der Waals surface area contributed by atoms with Crippen LogP contribution in [0.3, 0.4) is 0 Å². The summed E-state index contributed by atoms with van der Waals surface area (Å²) in [5.74, 6) is 0. The molecule has 6 aromatic rings. The second-order valence-corrected chi connectivity index (χ2v) is 10.1. The number of pyridine rings is 1. The first-order valence-electron chi connectivity index (χ1n) is 13.8. The molecule has 4 aromatic carbocycles. The number of allylic oxidation sites excluding steroid dienone is 3. The van der Waals surface area contributed by atoms with Crippen LogP contribution in [0.15, 0.2) is 134 Å². The lowest BCUT2D eigenvalue weighted by molar-refractivity contribution is 1.09. The van der Waals surface area contributed by atoms with Gasteiger partial charge < -0.3 is 16.0 Å². The first-order valence-corrected chi connectivity index (χ1v) is 13.8. The van der Waals surface area contributed by atoms with E-state index in [0.717, 1.165) is 51.3 Å². The highest BCUT2D eigenvalue weighted by molar-refractivity contribution is 5.90. The van der Waals surface area contributed by atoms with E-state index in [-0.39, 0.29) is 0 Å². The van der Waals surface area contributed by atoms with Crippen LogP contribution in [0.1, 0.15) is 22.5 Å². The Labute approximate surface area is 240 Å². The van der Waals surface area contributed by atoms with E-state index in [9.17, 15) is 0 Å². The molecule has 200 valence electrons. The number of fused-ring (bicyclic) bond motifs is 2. The Balaban J connectivity index is 1.18. The van der Waals surface area contributed by atoms with E-state index in [0.29, 0.717) is 0 Å². The largest absolute Gasteiger partial charge is 0.405 e. The van der Waals surface area contributed by atoms with Crippen LogP contribution in [0.2, 0.25) is 0 Å². The molecule has 0 fully saturated rings. The summed E-state index contributed by atoms with van der Waals surface area (Å²) in [4.78, 5) is 4.72. The van der Waals surface area contributed by atoms with Crippen LogP contribution in [0.25, 0.3) is 50.1 Å². The third-order valence-electron chi connectivity index (χ3n) is 7.60. The number of hydrogen-bond acceptors (Lipinski definition) is 3. The molecular formula is C37H32N4. The zero-order valence-electron chi connectivity index (χ0n) is 23.0. The molecule has 6 rings (SSSR count). The molecule has 4 heteroatoms. The van der Waals surface area contributed by atoms with Gasteiger partial charge in [-0.15, -0.1) is 0 Å². The molecule has 2 aromatic heterocycles. The lowest BCUT2D eigenvalue weighted by atomic mass is 10.0. The molecule has 4 N–H and O–H groups in total. The molecule has 2 heterocycles. The highest BCUT2D eigenvalue weighted by Crippen LogP contribution is 2.31. The molecule has 0 amide bonds. The molecule has 0 saturated carbocycles.